The predicted molar refractivity (Wildman–Crippen MR) is 204 cm³/mol. The van der Waals surface area contributed by atoms with Gasteiger partial charge < -0.3 is 13.7 Å². The number of rotatable bonds is 5. The fourth-order valence-corrected chi connectivity index (χ4v) is 7.39. The van der Waals surface area contributed by atoms with Crippen molar-refractivity contribution in [3.05, 3.63) is 176 Å². The van der Waals surface area contributed by atoms with Crippen molar-refractivity contribution in [3.8, 4) is 22.3 Å². The lowest BCUT2D eigenvalue weighted by atomic mass is 9.98. The van der Waals surface area contributed by atoms with E-state index in [2.05, 4.69) is 169 Å². The number of hydrogen-bond donors (Lipinski definition) is 0. The molecule has 0 bridgehead atoms. The number of fused-ring (bicyclic) bond motifs is 8. The summed E-state index contributed by atoms with van der Waals surface area (Å²) < 4.78 is 13.0. The van der Waals surface area contributed by atoms with Crippen LogP contribution in [0.1, 0.15) is 0 Å². The van der Waals surface area contributed by atoms with E-state index in [1.165, 1.54) is 5.56 Å². The molecule has 10 aromatic rings. The summed E-state index contributed by atoms with van der Waals surface area (Å²) in [5, 5.41) is 6.69. The molecular weight excluding hydrogens is 599 g/mol. The van der Waals surface area contributed by atoms with Gasteiger partial charge in [-0.1, -0.05) is 121 Å². The molecule has 8 aromatic carbocycles. The Hall–Kier alpha value is -6.58. The highest BCUT2D eigenvalue weighted by Crippen LogP contribution is 2.47. The molecule has 0 N–H and O–H groups in total. The summed E-state index contributed by atoms with van der Waals surface area (Å²) in [6.07, 6.45) is 0. The first-order chi connectivity index (χ1) is 24.3. The molecule has 0 aliphatic rings. The fraction of sp³-hybridized carbons (Fsp3) is 0. The summed E-state index contributed by atoms with van der Waals surface area (Å²) in [7, 11) is 0. The lowest BCUT2D eigenvalue weighted by Gasteiger charge is -2.29. The Balaban J connectivity index is 1.25. The summed E-state index contributed by atoms with van der Waals surface area (Å²) in [5.74, 6) is 0. The van der Waals surface area contributed by atoms with Crippen LogP contribution in [0.15, 0.2) is 185 Å². The van der Waals surface area contributed by atoms with Crippen molar-refractivity contribution in [2.45, 2.75) is 0 Å². The molecule has 0 radical (unpaired) electrons. The van der Waals surface area contributed by atoms with E-state index in [1.807, 2.05) is 12.1 Å². The maximum absolute atomic E-state index is 6.67. The molecule has 230 valence electrons. The number of benzene rings is 8. The van der Waals surface area contributed by atoms with E-state index in [0.717, 1.165) is 88.4 Å². The molecule has 0 aliphatic heterocycles. The van der Waals surface area contributed by atoms with Crippen LogP contribution in [0.4, 0.5) is 17.1 Å². The van der Waals surface area contributed by atoms with E-state index >= 15 is 0 Å². The normalized spacial score (nSPS) is 11.7. The van der Waals surface area contributed by atoms with E-state index in [0.29, 0.717) is 0 Å². The minimum absolute atomic E-state index is 0.856. The second kappa shape index (κ2) is 11.0. The number of hydrogen-bond acceptors (Lipinski definition) is 3. The van der Waals surface area contributed by atoms with Gasteiger partial charge in [-0.2, -0.15) is 0 Å². The highest BCUT2D eigenvalue weighted by Gasteiger charge is 2.23. The topological polar surface area (TPSA) is 29.5 Å². The molecule has 0 amide bonds. The fourth-order valence-electron chi connectivity index (χ4n) is 7.39. The van der Waals surface area contributed by atoms with Crippen LogP contribution in [0.3, 0.4) is 0 Å². The Kier molecular flexibility index (Phi) is 6.18. The Morgan fingerprint density at radius 2 is 1.06 bits per heavy atom. The van der Waals surface area contributed by atoms with Crippen molar-refractivity contribution < 1.29 is 8.83 Å². The van der Waals surface area contributed by atoms with E-state index in [-0.39, 0.29) is 0 Å². The second-order valence-corrected chi connectivity index (χ2v) is 12.5. The summed E-state index contributed by atoms with van der Waals surface area (Å²) in [4.78, 5) is 2.39. The molecule has 3 heteroatoms. The monoisotopic (exact) mass is 627 g/mol. The van der Waals surface area contributed by atoms with Gasteiger partial charge in [-0.3, -0.25) is 0 Å². The van der Waals surface area contributed by atoms with Crippen LogP contribution in [-0.4, -0.2) is 0 Å². The van der Waals surface area contributed by atoms with Crippen LogP contribution in [0.2, 0.25) is 0 Å². The minimum atomic E-state index is 0.856. The quantitative estimate of drug-likeness (QED) is 0.190. The molecule has 10 rings (SSSR count). The van der Waals surface area contributed by atoms with E-state index in [1.54, 1.807) is 0 Å². The largest absolute Gasteiger partial charge is 0.456 e. The molecule has 0 fully saturated rings. The van der Waals surface area contributed by atoms with Crippen molar-refractivity contribution in [2.24, 2.45) is 0 Å². The average molecular weight is 628 g/mol. The third-order valence-corrected chi connectivity index (χ3v) is 9.65. The highest BCUT2D eigenvalue weighted by atomic mass is 16.3. The van der Waals surface area contributed by atoms with Crippen molar-refractivity contribution in [2.75, 3.05) is 4.90 Å². The Bertz CT molecular complexity index is 2840. The Labute approximate surface area is 282 Å². The summed E-state index contributed by atoms with van der Waals surface area (Å²) in [5.41, 5.74) is 11.2. The number of furan rings is 2. The van der Waals surface area contributed by atoms with Gasteiger partial charge in [0.15, 0.2) is 0 Å². The lowest BCUT2D eigenvalue weighted by molar-refractivity contribution is 0.669. The first-order valence-electron chi connectivity index (χ1n) is 16.6. The van der Waals surface area contributed by atoms with Crippen molar-refractivity contribution in [1.82, 2.24) is 0 Å². The van der Waals surface area contributed by atoms with E-state index in [9.17, 15) is 0 Å². The van der Waals surface area contributed by atoms with Gasteiger partial charge >= 0.3 is 0 Å². The molecule has 0 saturated heterocycles. The lowest BCUT2D eigenvalue weighted by Crippen LogP contribution is -2.11. The van der Waals surface area contributed by atoms with Gasteiger partial charge in [0.2, 0.25) is 0 Å². The van der Waals surface area contributed by atoms with Gasteiger partial charge in [0.25, 0.3) is 0 Å². The van der Waals surface area contributed by atoms with Gasteiger partial charge in [-0.15, -0.1) is 0 Å². The number of para-hydroxylation sites is 2. The van der Waals surface area contributed by atoms with Crippen molar-refractivity contribution >= 4 is 71.7 Å². The molecule has 0 aliphatic carbocycles. The van der Waals surface area contributed by atoms with Crippen LogP contribution in [0.25, 0.3) is 76.9 Å². The molecule has 3 nitrogen and oxygen atoms in total. The zero-order valence-electron chi connectivity index (χ0n) is 26.5. The second-order valence-electron chi connectivity index (χ2n) is 12.5. The number of nitrogens with zero attached hydrogens (tertiary/aromatic N) is 1. The third kappa shape index (κ3) is 4.44. The van der Waals surface area contributed by atoms with Crippen molar-refractivity contribution in [1.29, 1.82) is 0 Å². The zero-order valence-corrected chi connectivity index (χ0v) is 26.5. The highest BCUT2D eigenvalue weighted by molar-refractivity contribution is 6.20. The van der Waals surface area contributed by atoms with Gasteiger partial charge in [0.1, 0.15) is 22.3 Å². The standard InChI is InChI=1S/C46H29NO2/c1-2-12-30(13-3-1)32-15-10-16-34(28-32)47(41-21-11-23-43-45(41)39-27-24-31-14-4-5-18-36(31)46(39)49-43)40-20-8-6-17-35(40)33-25-26-38-37-19-7-9-22-42(37)48-44(38)29-33/h1-29H. The van der Waals surface area contributed by atoms with Crippen LogP contribution in [0, 0.1) is 0 Å². The summed E-state index contributed by atoms with van der Waals surface area (Å²) >= 11 is 0. The molecule has 2 heterocycles. The van der Waals surface area contributed by atoms with Crippen LogP contribution < -0.4 is 4.90 Å². The first kappa shape index (κ1) is 27.5. The molecule has 0 atom stereocenters. The minimum Gasteiger partial charge on any atom is -0.456 e. The average Bonchev–Trinajstić information content (AvgIpc) is 3.74. The third-order valence-electron chi connectivity index (χ3n) is 9.65. The van der Waals surface area contributed by atoms with E-state index in [4.69, 9.17) is 8.83 Å². The molecule has 0 spiro atoms. The molecule has 0 saturated carbocycles. The van der Waals surface area contributed by atoms with Crippen LogP contribution in [0.5, 0.6) is 0 Å². The van der Waals surface area contributed by atoms with Gasteiger partial charge in [0, 0.05) is 32.8 Å². The van der Waals surface area contributed by atoms with Gasteiger partial charge in [-0.25, -0.2) is 0 Å². The zero-order chi connectivity index (χ0) is 32.3. The van der Waals surface area contributed by atoms with Crippen LogP contribution in [-0.2, 0) is 0 Å². The van der Waals surface area contributed by atoms with E-state index < -0.39 is 0 Å². The van der Waals surface area contributed by atoms with Gasteiger partial charge in [-0.05, 0) is 76.7 Å². The Morgan fingerprint density at radius 1 is 0.367 bits per heavy atom. The molecule has 49 heavy (non-hydrogen) atoms. The number of anilines is 3. The Morgan fingerprint density at radius 3 is 2.00 bits per heavy atom. The van der Waals surface area contributed by atoms with Crippen LogP contribution >= 0.6 is 0 Å². The smallest absolute Gasteiger partial charge is 0.143 e. The van der Waals surface area contributed by atoms with Crippen molar-refractivity contribution in [3.63, 3.8) is 0 Å². The first-order valence-corrected chi connectivity index (χ1v) is 16.6. The maximum Gasteiger partial charge on any atom is 0.143 e. The predicted octanol–water partition coefficient (Wildman–Crippen LogP) is 13.4. The summed E-state index contributed by atoms with van der Waals surface area (Å²) in [6.45, 7) is 0. The molecule has 2 aromatic heterocycles. The maximum atomic E-state index is 6.67. The summed E-state index contributed by atoms with van der Waals surface area (Å²) in [6, 6.07) is 62.0. The SMILES string of the molecule is c1ccc(-c2cccc(N(c3ccccc3-c3ccc4c(c3)oc3ccccc34)c3cccc4oc5c6ccccc6ccc5c34)c2)cc1. The molecule has 0 unspecified atom stereocenters. The molecular formula is C46H29NO2. The van der Waals surface area contributed by atoms with Gasteiger partial charge in [0.05, 0.1) is 16.8 Å².